The fourth-order valence-electron chi connectivity index (χ4n) is 2.71. The number of anilines is 1. The number of nitrogens with one attached hydrogen (secondary N) is 2. The van der Waals surface area contributed by atoms with E-state index in [1.807, 2.05) is 43.6 Å². The number of hydrogen-bond donors (Lipinski definition) is 2. The molecule has 2 N–H and O–H groups in total. The molecule has 0 saturated carbocycles. The maximum Gasteiger partial charge on any atom is 0.242 e. The molecule has 0 fully saturated rings. The van der Waals surface area contributed by atoms with Crippen LogP contribution in [-0.2, 0) is 17.8 Å². The van der Waals surface area contributed by atoms with Gasteiger partial charge in [-0.25, -0.2) is 4.98 Å². The van der Waals surface area contributed by atoms with Gasteiger partial charge in [0.25, 0.3) is 0 Å². The van der Waals surface area contributed by atoms with E-state index >= 15 is 0 Å². The highest BCUT2D eigenvalue weighted by atomic mass is 16.5. The van der Waals surface area contributed by atoms with E-state index in [0.717, 1.165) is 36.6 Å². The maximum atomic E-state index is 12.4. The Bertz CT molecular complexity index is 669. The predicted octanol–water partition coefficient (Wildman–Crippen LogP) is 2.85. The van der Waals surface area contributed by atoms with E-state index in [9.17, 15) is 4.79 Å². The number of methoxy groups -OCH3 is 1. The van der Waals surface area contributed by atoms with Crippen LogP contribution in [0, 0.1) is 0 Å². The molecule has 0 spiro atoms. The molecular formula is C19H28N4O2. The van der Waals surface area contributed by atoms with Crippen molar-refractivity contribution in [3.8, 4) is 5.75 Å². The van der Waals surface area contributed by atoms with Gasteiger partial charge in [0.15, 0.2) is 0 Å². The topological polar surface area (TPSA) is 68.2 Å². The normalized spacial score (nSPS) is 11.8. The lowest BCUT2D eigenvalue weighted by molar-refractivity contribution is -0.121. The van der Waals surface area contributed by atoms with Gasteiger partial charge < -0.3 is 19.9 Å². The molecular weight excluding hydrogens is 316 g/mol. The number of carbonyl (C=O) groups is 1. The lowest BCUT2D eigenvalue weighted by Crippen LogP contribution is -2.39. The van der Waals surface area contributed by atoms with Crippen molar-refractivity contribution >= 4 is 11.6 Å². The highest BCUT2D eigenvalue weighted by molar-refractivity contribution is 5.84. The van der Waals surface area contributed by atoms with E-state index < -0.39 is 0 Å². The Balaban J connectivity index is 1.79. The molecule has 1 aromatic carbocycles. The highest BCUT2D eigenvalue weighted by Gasteiger charge is 2.15. The highest BCUT2D eigenvalue weighted by Crippen LogP contribution is 2.18. The average Bonchev–Trinajstić information content (AvgIpc) is 3.10. The summed E-state index contributed by atoms with van der Waals surface area (Å²) in [6.45, 7) is 5.60. The molecule has 2 aromatic rings. The van der Waals surface area contributed by atoms with Gasteiger partial charge in [0.05, 0.1) is 7.11 Å². The molecule has 1 unspecified atom stereocenters. The third-order valence-corrected chi connectivity index (χ3v) is 4.13. The number of ether oxygens (including phenoxy) is 1. The zero-order chi connectivity index (χ0) is 18.1. The van der Waals surface area contributed by atoms with Crippen molar-refractivity contribution in [1.29, 1.82) is 0 Å². The van der Waals surface area contributed by atoms with E-state index in [-0.39, 0.29) is 11.9 Å². The van der Waals surface area contributed by atoms with Crippen molar-refractivity contribution in [2.45, 2.75) is 45.7 Å². The lowest BCUT2D eigenvalue weighted by Gasteiger charge is -2.18. The Labute approximate surface area is 149 Å². The van der Waals surface area contributed by atoms with E-state index in [2.05, 4.69) is 27.1 Å². The smallest absolute Gasteiger partial charge is 0.242 e. The first-order chi connectivity index (χ1) is 12.2. The zero-order valence-electron chi connectivity index (χ0n) is 15.3. The van der Waals surface area contributed by atoms with Crippen molar-refractivity contribution in [3.63, 3.8) is 0 Å². The van der Waals surface area contributed by atoms with Gasteiger partial charge in [0.2, 0.25) is 5.91 Å². The van der Waals surface area contributed by atoms with Crippen LogP contribution in [0.25, 0.3) is 0 Å². The zero-order valence-corrected chi connectivity index (χ0v) is 15.3. The van der Waals surface area contributed by atoms with Gasteiger partial charge in [-0.2, -0.15) is 0 Å². The van der Waals surface area contributed by atoms with Gasteiger partial charge in [-0.05, 0) is 25.0 Å². The fraction of sp³-hybridized carbons (Fsp3) is 0.474. The number of rotatable bonds is 10. The summed E-state index contributed by atoms with van der Waals surface area (Å²) in [7, 11) is 1.63. The van der Waals surface area contributed by atoms with Crippen LogP contribution >= 0.6 is 0 Å². The number of hydrogen-bond acceptors (Lipinski definition) is 4. The number of aryl methyl sites for hydroxylation is 2. The number of imidazole rings is 1. The van der Waals surface area contributed by atoms with Crippen LogP contribution in [0.3, 0.4) is 0 Å². The number of carbonyl (C=O) groups excluding carboxylic acids is 1. The van der Waals surface area contributed by atoms with Gasteiger partial charge in [0.1, 0.15) is 17.6 Å². The second-order valence-electron chi connectivity index (χ2n) is 5.87. The Morgan fingerprint density at radius 2 is 2.20 bits per heavy atom. The summed E-state index contributed by atoms with van der Waals surface area (Å²) in [5.41, 5.74) is 0.882. The second-order valence-corrected chi connectivity index (χ2v) is 5.87. The van der Waals surface area contributed by atoms with Crippen molar-refractivity contribution in [2.24, 2.45) is 0 Å². The molecule has 1 aromatic heterocycles. The monoisotopic (exact) mass is 344 g/mol. The summed E-state index contributed by atoms with van der Waals surface area (Å²) in [6.07, 6.45) is 6.32. The van der Waals surface area contributed by atoms with Gasteiger partial charge in [-0.3, -0.25) is 4.79 Å². The molecule has 0 aliphatic rings. The third-order valence-electron chi connectivity index (χ3n) is 4.13. The van der Waals surface area contributed by atoms with Crippen LogP contribution in [0.1, 0.15) is 32.5 Å². The second kappa shape index (κ2) is 9.71. The van der Waals surface area contributed by atoms with Crippen molar-refractivity contribution in [3.05, 3.63) is 42.5 Å². The first kappa shape index (κ1) is 18.8. The van der Waals surface area contributed by atoms with Crippen LogP contribution < -0.4 is 15.4 Å². The quantitative estimate of drug-likeness (QED) is 0.650. The Morgan fingerprint density at radius 1 is 1.36 bits per heavy atom. The van der Waals surface area contributed by atoms with Crippen molar-refractivity contribution in [2.75, 3.05) is 19.0 Å². The molecule has 136 valence electrons. The fourth-order valence-corrected chi connectivity index (χ4v) is 2.71. The molecule has 0 bridgehead atoms. The van der Waals surface area contributed by atoms with Gasteiger partial charge >= 0.3 is 0 Å². The van der Waals surface area contributed by atoms with Crippen LogP contribution in [0.2, 0.25) is 0 Å². The van der Waals surface area contributed by atoms with E-state index in [0.29, 0.717) is 13.0 Å². The minimum absolute atomic E-state index is 0.0201. The molecule has 1 atom stereocenters. The standard InChI is InChI=1S/C19H28N4O2/c1-4-17(22-15-8-6-9-16(14-15)25-3)19(24)21-10-7-12-23-13-11-20-18(23)5-2/h6,8-9,11,13-14,17,22H,4-5,7,10,12H2,1-3H3,(H,21,24). The molecule has 0 radical (unpaired) electrons. The largest absolute Gasteiger partial charge is 0.497 e. The van der Waals surface area contributed by atoms with Gasteiger partial charge in [0, 0.05) is 43.7 Å². The summed E-state index contributed by atoms with van der Waals surface area (Å²) < 4.78 is 7.35. The summed E-state index contributed by atoms with van der Waals surface area (Å²) in [5, 5.41) is 6.28. The van der Waals surface area contributed by atoms with Gasteiger partial charge in [-0.15, -0.1) is 0 Å². The molecule has 0 saturated heterocycles. The van der Waals surface area contributed by atoms with Crippen LogP contribution in [-0.4, -0.2) is 35.2 Å². The van der Waals surface area contributed by atoms with Crippen LogP contribution in [0.5, 0.6) is 5.75 Å². The van der Waals surface area contributed by atoms with E-state index in [4.69, 9.17) is 4.74 Å². The Kier molecular flexibility index (Phi) is 7.32. The predicted molar refractivity (Wildman–Crippen MR) is 99.9 cm³/mol. The molecule has 6 nitrogen and oxygen atoms in total. The number of aromatic nitrogens is 2. The number of amides is 1. The first-order valence-electron chi connectivity index (χ1n) is 8.86. The number of benzene rings is 1. The maximum absolute atomic E-state index is 12.4. The SMILES string of the molecule is CCc1nccn1CCCNC(=O)C(CC)Nc1cccc(OC)c1. The molecule has 0 aliphatic heterocycles. The number of nitrogens with zero attached hydrogens (tertiary/aromatic N) is 2. The molecule has 1 heterocycles. The molecule has 6 heteroatoms. The van der Waals surface area contributed by atoms with Gasteiger partial charge in [-0.1, -0.05) is 19.9 Å². The molecule has 1 amide bonds. The molecule has 0 aliphatic carbocycles. The summed E-state index contributed by atoms with van der Waals surface area (Å²) >= 11 is 0. The van der Waals surface area contributed by atoms with Crippen LogP contribution in [0.4, 0.5) is 5.69 Å². The molecule has 2 rings (SSSR count). The van der Waals surface area contributed by atoms with E-state index in [1.54, 1.807) is 7.11 Å². The average molecular weight is 344 g/mol. The van der Waals surface area contributed by atoms with E-state index in [1.165, 1.54) is 0 Å². The third kappa shape index (κ3) is 5.52. The Morgan fingerprint density at radius 3 is 2.92 bits per heavy atom. The first-order valence-corrected chi connectivity index (χ1v) is 8.86. The minimum atomic E-state index is -0.258. The minimum Gasteiger partial charge on any atom is -0.497 e. The summed E-state index contributed by atoms with van der Waals surface area (Å²) in [5.74, 6) is 1.87. The van der Waals surface area contributed by atoms with Crippen molar-refractivity contribution in [1.82, 2.24) is 14.9 Å². The molecule has 25 heavy (non-hydrogen) atoms. The Hall–Kier alpha value is -2.50. The van der Waals surface area contributed by atoms with Crippen molar-refractivity contribution < 1.29 is 9.53 Å². The van der Waals surface area contributed by atoms with Crippen LogP contribution in [0.15, 0.2) is 36.7 Å². The summed E-state index contributed by atoms with van der Waals surface area (Å²) in [4.78, 5) is 16.7. The lowest BCUT2D eigenvalue weighted by atomic mass is 10.2. The summed E-state index contributed by atoms with van der Waals surface area (Å²) in [6, 6.07) is 7.35.